The molecule has 7 nitrogen and oxygen atoms in total. The second kappa shape index (κ2) is 4.97. The lowest BCUT2D eigenvalue weighted by atomic mass is 10.2. The number of methoxy groups -OCH3 is 1. The van der Waals surface area contributed by atoms with E-state index in [0.29, 0.717) is 6.42 Å². The number of carbonyl (C=O) groups is 2. The SMILES string of the molecule is COC(=O)C1CC(n2cc(Br)cn2)CN1C(=O)O. The van der Waals surface area contributed by atoms with Crippen LogP contribution in [0, 0.1) is 0 Å². The van der Waals surface area contributed by atoms with Gasteiger partial charge in [0.2, 0.25) is 0 Å². The largest absolute Gasteiger partial charge is 0.467 e. The van der Waals surface area contributed by atoms with E-state index in [0.717, 1.165) is 9.37 Å². The minimum absolute atomic E-state index is 0.156. The van der Waals surface area contributed by atoms with E-state index in [4.69, 9.17) is 5.11 Å². The third kappa shape index (κ3) is 2.33. The predicted octanol–water partition coefficient (Wildman–Crippen LogP) is 1.11. The number of hydrogen-bond acceptors (Lipinski definition) is 4. The lowest BCUT2D eigenvalue weighted by Gasteiger charge is -2.18. The van der Waals surface area contributed by atoms with Crippen molar-refractivity contribution < 1.29 is 19.4 Å². The van der Waals surface area contributed by atoms with Gasteiger partial charge in [0.15, 0.2) is 0 Å². The molecule has 1 aromatic rings. The highest BCUT2D eigenvalue weighted by atomic mass is 79.9. The molecule has 0 radical (unpaired) electrons. The standard InChI is InChI=1S/C10H12BrN3O4/c1-18-9(15)8-2-7(5-13(8)10(16)17)14-4-6(11)3-12-14/h3-4,7-8H,2,5H2,1H3,(H,16,17). The number of esters is 1. The maximum atomic E-state index is 11.5. The molecular formula is C10H12BrN3O4. The van der Waals surface area contributed by atoms with Crippen molar-refractivity contribution >= 4 is 28.0 Å². The first-order valence-electron chi connectivity index (χ1n) is 5.30. The molecule has 2 rings (SSSR count). The molecule has 0 saturated carbocycles. The summed E-state index contributed by atoms with van der Waals surface area (Å²) >= 11 is 3.28. The predicted molar refractivity (Wildman–Crippen MR) is 64.1 cm³/mol. The Labute approximate surface area is 111 Å². The topological polar surface area (TPSA) is 84.7 Å². The number of rotatable bonds is 2. The lowest BCUT2D eigenvalue weighted by molar-refractivity contribution is -0.145. The monoisotopic (exact) mass is 317 g/mol. The number of halogens is 1. The maximum absolute atomic E-state index is 11.5. The molecule has 1 fully saturated rings. The van der Waals surface area contributed by atoms with Gasteiger partial charge in [0.25, 0.3) is 0 Å². The molecule has 1 amide bonds. The smallest absolute Gasteiger partial charge is 0.408 e. The fraction of sp³-hybridized carbons (Fsp3) is 0.500. The summed E-state index contributed by atoms with van der Waals surface area (Å²) in [5.74, 6) is -0.536. The van der Waals surface area contributed by atoms with E-state index in [9.17, 15) is 9.59 Å². The van der Waals surface area contributed by atoms with Crippen molar-refractivity contribution in [2.45, 2.75) is 18.5 Å². The zero-order valence-electron chi connectivity index (χ0n) is 9.62. The van der Waals surface area contributed by atoms with Crippen LogP contribution < -0.4 is 0 Å². The van der Waals surface area contributed by atoms with Gasteiger partial charge >= 0.3 is 12.1 Å². The van der Waals surface area contributed by atoms with Crippen LogP contribution in [0.2, 0.25) is 0 Å². The Morgan fingerprint density at radius 2 is 2.33 bits per heavy atom. The summed E-state index contributed by atoms with van der Waals surface area (Å²) < 4.78 is 7.09. The van der Waals surface area contributed by atoms with Crippen LogP contribution in [-0.4, -0.2) is 51.5 Å². The summed E-state index contributed by atoms with van der Waals surface area (Å²) in [6.07, 6.45) is 2.62. The minimum atomic E-state index is -1.13. The molecular weight excluding hydrogens is 306 g/mol. The van der Waals surface area contributed by atoms with Crippen LogP contribution in [0.25, 0.3) is 0 Å². The van der Waals surface area contributed by atoms with Gasteiger partial charge in [0.05, 0.1) is 23.8 Å². The third-order valence-electron chi connectivity index (χ3n) is 2.94. The minimum Gasteiger partial charge on any atom is -0.467 e. The number of nitrogens with zero attached hydrogens (tertiary/aromatic N) is 3. The second-order valence-electron chi connectivity index (χ2n) is 4.00. The average Bonchev–Trinajstić information content (AvgIpc) is 2.93. The van der Waals surface area contributed by atoms with Gasteiger partial charge in [-0.2, -0.15) is 5.10 Å². The van der Waals surface area contributed by atoms with Gasteiger partial charge in [-0.15, -0.1) is 0 Å². The summed E-state index contributed by atoms with van der Waals surface area (Å²) in [6.45, 7) is 0.225. The van der Waals surface area contributed by atoms with E-state index in [1.807, 2.05) is 0 Å². The van der Waals surface area contributed by atoms with Gasteiger partial charge in [-0.25, -0.2) is 9.59 Å². The van der Waals surface area contributed by atoms with Crippen molar-refractivity contribution in [1.29, 1.82) is 0 Å². The molecule has 1 N–H and O–H groups in total. The number of aromatic nitrogens is 2. The van der Waals surface area contributed by atoms with Crippen LogP contribution in [0.1, 0.15) is 12.5 Å². The van der Waals surface area contributed by atoms with Crippen LogP contribution in [0.3, 0.4) is 0 Å². The van der Waals surface area contributed by atoms with Crippen LogP contribution in [0.4, 0.5) is 4.79 Å². The molecule has 2 atom stereocenters. The Kier molecular flexibility index (Phi) is 3.55. The van der Waals surface area contributed by atoms with Crippen molar-refractivity contribution in [3.8, 4) is 0 Å². The molecule has 2 heterocycles. The Morgan fingerprint density at radius 1 is 1.61 bits per heavy atom. The van der Waals surface area contributed by atoms with Crippen molar-refractivity contribution in [2.75, 3.05) is 13.7 Å². The average molecular weight is 318 g/mol. The second-order valence-corrected chi connectivity index (χ2v) is 4.92. The van der Waals surface area contributed by atoms with Gasteiger partial charge in [-0.1, -0.05) is 0 Å². The van der Waals surface area contributed by atoms with Gasteiger partial charge in [0.1, 0.15) is 6.04 Å². The number of ether oxygens (including phenoxy) is 1. The van der Waals surface area contributed by atoms with Gasteiger partial charge in [-0.3, -0.25) is 9.58 Å². The van der Waals surface area contributed by atoms with Crippen LogP contribution >= 0.6 is 15.9 Å². The number of carbonyl (C=O) groups excluding carboxylic acids is 1. The van der Waals surface area contributed by atoms with Crippen LogP contribution in [0.5, 0.6) is 0 Å². The highest BCUT2D eigenvalue weighted by Gasteiger charge is 2.41. The molecule has 2 unspecified atom stereocenters. The molecule has 1 saturated heterocycles. The zero-order valence-corrected chi connectivity index (χ0v) is 11.2. The lowest BCUT2D eigenvalue weighted by Crippen LogP contribution is -2.40. The Balaban J connectivity index is 2.19. The van der Waals surface area contributed by atoms with Gasteiger partial charge in [-0.05, 0) is 15.9 Å². The normalized spacial score (nSPS) is 23.1. The molecule has 0 bridgehead atoms. The fourth-order valence-corrected chi connectivity index (χ4v) is 2.39. The highest BCUT2D eigenvalue weighted by Crippen LogP contribution is 2.28. The quantitative estimate of drug-likeness (QED) is 0.826. The molecule has 0 spiro atoms. The van der Waals surface area contributed by atoms with E-state index in [2.05, 4.69) is 25.8 Å². The number of hydrogen-bond donors (Lipinski definition) is 1. The maximum Gasteiger partial charge on any atom is 0.408 e. The van der Waals surface area contributed by atoms with Gasteiger partial charge < -0.3 is 9.84 Å². The van der Waals surface area contributed by atoms with Crippen molar-refractivity contribution in [3.63, 3.8) is 0 Å². The first kappa shape index (κ1) is 12.9. The van der Waals surface area contributed by atoms with Crippen molar-refractivity contribution in [2.24, 2.45) is 0 Å². The van der Waals surface area contributed by atoms with E-state index in [1.165, 1.54) is 7.11 Å². The molecule has 0 aromatic carbocycles. The fourth-order valence-electron chi connectivity index (χ4n) is 2.09. The summed E-state index contributed by atoms with van der Waals surface area (Å²) in [5, 5.41) is 13.2. The molecule has 18 heavy (non-hydrogen) atoms. The summed E-state index contributed by atoms with van der Waals surface area (Å²) in [7, 11) is 1.25. The number of likely N-dealkylation sites (tertiary alicyclic amines) is 1. The first-order valence-corrected chi connectivity index (χ1v) is 6.09. The summed E-state index contributed by atoms with van der Waals surface area (Å²) in [4.78, 5) is 23.7. The van der Waals surface area contributed by atoms with Crippen LogP contribution in [-0.2, 0) is 9.53 Å². The summed E-state index contributed by atoms with van der Waals surface area (Å²) in [6, 6.07) is -0.919. The number of carboxylic acid groups (broad SMARTS) is 1. The zero-order chi connectivity index (χ0) is 13.3. The molecule has 1 aliphatic heterocycles. The highest BCUT2D eigenvalue weighted by molar-refractivity contribution is 9.10. The molecule has 0 aliphatic carbocycles. The van der Waals surface area contributed by atoms with Crippen molar-refractivity contribution in [3.05, 3.63) is 16.9 Å². The Bertz CT molecular complexity index is 475. The Hall–Kier alpha value is -1.57. The van der Waals surface area contributed by atoms with E-state index < -0.39 is 18.1 Å². The van der Waals surface area contributed by atoms with E-state index in [1.54, 1.807) is 17.1 Å². The Morgan fingerprint density at radius 3 is 2.83 bits per heavy atom. The molecule has 98 valence electrons. The van der Waals surface area contributed by atoms with Crippen LogP contribution in [0.15, 0.2) is 16.9 Å². The number of amides is 1. The van der Waals surface area contributed by atoms with E-state index >= 15 is 0 Å². The van der Waals surface area contributed by atoms with E-state index in [-0.39, 0.29) is 12.6 Å². The van der Waals surface area contributed by atoms with Crippen molar-refractivity contribution in [1.82, 2.24) is 14.7 Å². The molecule has 1 aliphatic rings. The molecule has 1 aromatic heterocycles. The molecule has 8 heteroatoms. The first-order chi connectivity index (χ1) is 8.52. The third-order valence-corrected chi connectivity index (χ3v) is 3.35. The van der Waals surface area contributed by atoms with Gasteiger partial charge in [0, 0.05) is 19.2 Å². The summed E-state index contributed by atoms with van der Waals surface area (Å²) in [5.41, 5.74) is 0.